The lowest BCUT2D eigenvalue weighted by molar-refractivity contribution is 0.400. The van der Waals surface area contributed by atoms with Crippen LogP contribution in [0.1, 0.15) is 31.3 Å². The Morgan fingerprint density at radius 2 is 2.16 bits per heavy atom. The number of hydrogen-bond donors (Lipinski definition) is 1. The summed E-state index contributed by atoms with van der Waals surface area (Å²) >= 11 is 0. The van der Waals surface area contributed by atoms with Crippen LogP contribution in [0.15, 0.2) is 36.7 Å². The molecule has 1 N–H and O–H groups in total. The van der Waals surface area contributed by atoms with E-state index in [1.54, 1.807) is 7.11 Å². The van der Waals surface area contributed by atoms with Crippen LogP contribution in [0.4, 0.5) is 0 Å². The van der Waals surface area contributed by atoms with Gasteiger partial charge < -0.3 is 14.6 Å². The van der Waals surface area contributed by atoms with Crippen LogP contribution in [-0.2, 0) is 13.1 Å². The molecule has 2 rings (SSSR count). The maximum atomic E-state index is 5.39. The van der Waals surface area contributed by atoms with Crippen LogP contribution < -0.4 is 10.1 Å². The molecule has 19 heavy (non-hydrogen) atoms. The van der Waals surface area contributed by atoms with Gasteiger partial charge in [0.15, 0.2) is 0 Å². The third-order valence-electron chi connectivity index (χ3n) is 3.31. The van der Waals surface area contributed by atoms with Crippen LogP contribution in [0, 0.1) is 0 Å². The van der Waals surface area contributed by atoms with Crippen molar-refractivity contribution in [3.63, 3.8) is 0 Å². The summed E-state index contributed by atoms with van der Waals surface area (Å²) in [6, 6.07) is 8.31. The zero-order chi connectivity index (χ0) is 13.7. The molecule has 1 heterocycles. The van der Waals surface area contributed by atoms with Gasteiger partial charge in [-0.3, -0.25) is 0 Å². The van der Waals surface area contributed by atoms with Crippen LogP contribution in [0.25, 0.3) is 0 Å². The highest BCUT2D eigenvalue weighted by Crippen LogP contribution is 2.24. The van der Waals surface area contributed by atoms with Gasteiger partial charge in [0, 0.05) is 30.5 Å². The molecule has 0 aliphatic rings. The SMILES string of the molecule is CCn1ccnc1CN[C@H](C)c1ccccc1OC. The second-order valence-electron chi connectivity index (χ2n) is 4.47. The zero-order valence-electron chi connectivity index (χ0n) is 11.8. The van der Waals surface area contributed by atoms with Gasteiger partial charge in [-0.1, -0.05) is 18.2 Å². The molecule has 0 aliphatic carbocycles. The first-order chi connectivity index (χ1) is 9.26. The Balaban J connectivity index is 2.03. The molecule has 0 saturated carbocycles. The molecule has 0 unspecified atom stereocenters. The zero-order valence-corrected chi connectivity index (χ0v) is 11.8. The standard InChI is InChI=1S/C15H21N3O/c1-4-18-10-9-16-15(18)11-17-12(2)13-7-5-6-8-14(13)19-3/h5-10,12,17H,4,11H2,1-3H3/t12-/m1/s1. The van der Waals surface area contributed by atoms with Gasteiger partial charge in [0.05, 0.1) is 13.7 Å². The topological polar surface area (TPSA) is 39.1 Å². The Bertz CT molecular complexity index is 522. The minimum Gasteiger partial charge on any atom is -0.496 e. The third kappa shape index (κ3) is 3.15. The normalized spacial score (nSPS) is 12.4. The molecule has 0 radical (unpaired) electrons. The smallest absolute Gasteiger partial charge is 0.123 e. The monoisotopic (exact) mass is 259 g/mol. The maximum Gasteiger partial charge on any atom is 0.123 e. The number of hydrogen-bond acceptors (Lipinski definition) is 3. The lowest BCUT2D eigenvalue weighted by Gasteiger charge is -2.17. The summed E-state index contributed by atoms with van der Waals surface area (Å²) in [6.07, 6.45) is 3.85. The molecule has 1 aromatic carbocycles. The Morgan fingerprint density at radius 3 is 2.89 bits per heavy atom. The quantitative estimate of drug-likeness (QED) is 0.867. The largest absolute Gasteiger partial charge is 0.496 e. The fourth-order valence-electron chi connectivity index (χ4n) is 2.17. The van der Waals surface area contributed by atoms with Crippen molar-refractivity contribution in [2.24, 2.45) is 0 Å². The number of ether oxygens (including phenoxy) is 1. The fraction of sp³-hybridized carbons (Fsp3) is 0.400. The van der Waals surface area contributed by atoms with Crippen LogP contribution in [0.5, 0.6) is 5.75 Å². The van der Waals surface area contributed by atoms with E-state index >= 15 is 0 Å². The molecule has 1 aromatic heterocycles. The van der Waals surface area contributed by atoms with E-state index in [1.165, 1.54) is 5.56 Å². The summed E-state index contributed by atoms with van der Waals surface area (Å²) in [5, 5.41) is 3.49. The van der Waals surface area contributed by atoms with Gasteiger partial charge in [-0.05, 0) is 19.9 Å². The molecule has 0 spiro atoms. The molecular weight excluding hydrogens is 238 g/mol. The molecular formula is C15H21N3O. The van der Waals surface area contributed by atoms with Crippen molar-refractivity contribution >= 4 is 0 Å². The van der Waals surface area contributed by atoms with Gasteiger partial charge in [0.25, 0.3) is 0 Å². The van der Waals surface area contributed by atoms with Crippen molar-refractivity contribution in [1.29, 1.82) is 0 Å². The number of aryl methyl sites for hydroxylation is 1. The minimum atomic E-state index is 0.221. The average molecular weight is 259 g/mol. The van der Waals surface area contributed by atoms with Gasteiger partial charge in [-0.15, -0.1) is 0 Å². The van der Waals surface area contributed by atoms with Crippen molar-refractivity contribution in [3.05, 3.63) is 48.0 Å². The highest BCUT2D eigenvalue weighted by molar-refractivity contribution is 5.35. The van der Waals surface area contributed by atoms with Crippen molar-refractivity contribution in [3.8, 4) is 5.75 Å². The molecule has 0 saturated heterocycles. The van der Waals surface area contributed by atoms with E-state index in [-0.39, 0.29) is 6.04 Å². The summed E-state index contributed by atoms with van der Waals surface area (Å²) in [7, 11) is 1.70. The van der Waals surface area contributed by atoms with Crippen LogP contribution in [0.2, 0.25) is 0 Å². The molecule has 4 nitrogen and oxygen atoms in total. The van der Waals surface area contributed by atoms with Gasteiger partial charge in [-0.2, -0.15) is 0 Å². The van der Waals surface area contributed by atoms with Crippen molar-refractivity contribution in [2.75, 3.05) is 7.11 Å². The Morgan fingerprint density at radius 1 is 1.37 bits per heavy atom. The Labute approximate surface area is 114 Å². The number of nitrogens with one attached hydrogen (secondary N) is 1. The Hall–Kier alpha value is -1.81. The lowest BCUT2D eigenvalue weighted by atomic mass is 10.1. The second kappa shape index (κ2) is 6.38. The van der Waals surface area contributed by atoms with E-state index in [0.29, 0.717) is 0 Å². The molecule has 0 amide bonds. The number of rotatable bonds is 6. The lowest BCUT2D eigenvalue weighted by Crippen LogP contribution is -2.21. The molecule has 2 aromatic rings. The first-order valence-electron chi connectivity index (χ1n) is 6.62. The molecule has 4 heteroatoms. The number of methoxy groups -OCH3 is 1. The first kappa shape index (κ1) is 13.6. The summed E-state index contributed by atoms with van der Waals surface area (Å²) in [6.45, 7) is 5.95. The van der Waals surface area contributed by atoms with E-state index in [0.717, 1.165) is 24.7 Å². The Kier molecular flexibility index (Phi) is 4.58. The van der Waals surface area contributed by atoms with Crippen molar-refractivity contribution in [2.45, 2.75) is 33.0 Å². The molecule has 102 valence electrons. The van der Waals surface area contributed by atoms with E-state index in [2.05, 4.69) is 34.8 Å². The third-order valence-corrected chi connectivity index (χ3v) is 3.31. The highest BCUT2D eigenvalue weighted by atomic mass is 16.5. The van der Waals surface area contributed by atoms with Gasteiger partial charge in [0.1, 0.15) is 11.6 Å². The molecule has 0 fully saturated rings. The number of para-hydroxylation sites is 1. The van der Waals surface area contributed by atoms with Crippen molar-refractivity contribution in [1.82, 2.24) is 14.9 Å². The summed E-state index contributed by atoms with van der Waals surface area (Å²) in [5.74, 6) is 1.98. The van der Waals surface area contributed by atoms with Crippen LogP contribution in [0.3, 0.4) is 0 Å². The fourth-order valence-corrected chi connectivity index (χ4v) is 2.17. The predicted octanol–water partition coefficient (Wildman–Crippen LogP) is 2.76. The summed E-state index contributed by atoms with van der Waals surface area (Å²) in [5.41, 5.74) is 1.17. The van der Waals surface area contributed by atoms with E-state index in [1.807, 2.05) is 30.6 Å². The molecule has 1 atom stereocenters. The molecule has 0 aliphatic heterocycles. The van der Waals surface area contributed by atoms with Crippen molar-refractivity contribution < 1.29 is 4.74 Å². The minimum absolute atomic E-state index is 0.221. The molecule has 0 bridgehead atoms. The van der Waals surface area contributed by atoms with Gasteiger partial charge >= 0.3 is 0 Å². The van der Waals surface area contributed by atoms with Gasteiger partial charge in [-0.25, -0.2) is 4.98 Å². The second-order valence-corrected chi connectivity index (χ2v) is 4.47. The van der Waals surface area contributed by atoms with Crippen LogP contribution in [-0.4, -0.2) is 16.7 Å². The van der Waals surface area contributed by atoms with E-state index < -0.39 is 0 Å². The first-order valence-corrected chi connectivity index (χ1v) is 6.62. The predicted molar refractivity (Wildman–Crippen MR) is 76.1 cm³/mol. The average Bonchev–Trinajstić information content (AvgIpc) is 2.92. The number of imidazole rings is 1. The summed E-state index contributed by atoms with van der Waals surface area (Å²) < 4.78 is 7.53. The van der Waals surface area contributed by atoms with E-state index in [9.17, 15) is 0 Å². The van der Waals surface area contributed by atoms with Crippen LogP contribution >= 0.6 is 0 Å². The summed E-state index contributed by atoms with van der Waals surface area (Å²) in [4.78, 5) is 4.36. The van der Waals surface area contributed by atoms with E-state index in [4.69, 9.17) is 4.74 Å². The maximum absolute atomic E-state index is 5.39. The van der Waals surface area contributed by atoms with Gasteiger partial charge in [0.2, 0.25) is 0 Å². The highest BCUT2D eigenvalue weighted by Gasteiger charge is 2.11. The number of nitrogens with zero attached hydrogens (tertiary/aromatic N) is 2. The number of aromatic nitrogens is 2. The number of benzene rings is 1.